The number of halogens is 2. The molecule has 0 saturated heterocycles. The fraction of sp³-hybridized carbons (Fsp3) is 0.250. The van der Waals surface area contributed by atoms with Gasteiger partial charge in [0.25, 0.3) is 0 Å². The average molecular weight is 342 g/mol. The van der Waals surface area contributed by atoms with Crippen molar-refractivity contribution in [2.75, 3.05) is 11.9 Å². The Kier molecular flexibility index (Phi) is 6.53. The molecule has 0 bridgehead atoms. The molecule has 0 aliphatic carbocycles. The highest BCUT2D eigenvalue weighted by Crippen LogP contribution is 2.35. The molecular weight excluding hydrogens is 322 g/mol. The number of hydrogen-bond acceptors (Lipinski definition) is 3. The standard InChI is InChI=1S/C20H20F2N2O/c1-3-6-16(4-2)24-19-13-18(22)17(12-20(19)25-10-9-23)14-7-5-8-15(21)11-14/h5-8,11-13,24H,3-4,10H2,1-2H3/b16-6+. The van der Waals surface area contributed by atoms with Crippen molar-refractivity contribution in [1.82, 2.24) is 0 Å². The van der Waals surface area contributed by atoms with Gasteiger partial charge in [0.1, 0.15) is 23.5 Å². The minimum Gasteiger partial charge on any atom is -0.477 e. The van der Waals surface area contributed by atoms with Gasteiger partial charge in [-0.25, -0.2) is 8.78 Å². The first kappa shape index (κ1) is 18.5. The molecule has 0 spiro atoms. The summed E-state index contributed by atoms with van der Waals surface area (Å²) < 4.78 is 33.5. The number of allylic oxidation sites excluding steroid dienone is 2. The van der Waals surface area contributed by atoms with E-state index in [4.69, 9.17) is 10.00 Å². The van der Waals surface area contributed by atoms with E-state index in [1.165, 1.54) is 30.3 Å². The lowest BCUT2D eigenvalue weighted by atomic mass is 10.0. The first-order valence-corrected chi connectivity index (χ1v) is 8.14. The van der Waals surface area contributed by atoms with Gasteiger partial charge >= 0.3 is 0 Å². The molecule has 0 amide bonds. The molecule has 2 aromatic carbocycles. The third kappa shape index (κ3) is 4.80. The molecule has 0 radical (unpaired) electrons. The van der Waals surface area contributed by atoms with Gasteiger partial charge < -0.3 is 10.1 Å². The highest BCUT2D eigenvalue weighted by atomic mass is 19.1. The second-order valence-electron chi connectivity index (χ2n) is 5.40. The zero-order chi connectivity index (χ0) is 18.2. The Labute approximate surface area is 146 Å². The van der Waals surface area contributed by atoms with Gasteiger partial charge in [-0.2, -0.15) is 5.26 Å². The van der Waals surface area contributed by atoms with Crippen molar-refractivity contribution in [1.29, 1.82) is 5.26 Å². The molecular formula is C20H20F2N2O. The molecule has 130 valence electrons. The summed E-state index contributed by atoms with van der Waals surface area (Å²) >= 11 is 0. The second kappa shape index (κ2) is 8.84. The minimum absolute atomic E-state index is 0.165. The molecule has 2 aromatic rings. The van der Waals surface area contributed by atoms with Gasteiger partial charge in [-0.1, -0.05) is 32.1 Å². The molecule has 2 rings (SSSR count). The van der Waals surface area contributed by atoms with Crippen LogP contribution in [0.5, 0.6) is 5.75 Å². The second-order valence-corrected chi connectivity index (χ2v) is 5.40. The molecule has 3 nitrogen and oxygen atoms in total. The summed E-state index contributed by atoms with van der Waals surface area (Å²) in [6, 6.07) is 10.4. The third-order valence-electron chi connectivity index (χ3n) is 3.62. The van der Waals surface area contributed by atoms with E-state index < -0.39 is 11.6 Å². The Bertz CT molecular complexity index is 810. The molecule has 1 N–H and O–H groups in total. The van der Waals surface area contributed by atoms with Gasteiger partial charge in [0.15, 0.2) is 6.61 Å². The summed E-state index contributed by atoms with van der Waals surface area (Å²) in [5.74, 6) is -0.597. The molecule has 0 atom stereocenters. The summed E-state index contributed by atoms with van der Waals surface area (Å²) in [7, 11) is 0. The highest BCUT2D eigenvalue weighted by Gasteiger charge is 2.14. The normalized spacial score (nSPS) is 11.1. The molecule has 0 aromatic heterocycles. The van der Waals surface area contributed by atoms with Crippen molar-refractivity contribution in [2.24, 2.45) is 0 Å². The fourth-order valence-corrected chi connectivity index (χ4v) is 2.46. The van der Waals surface area contributed by atoms with Crippen molar-refractivity contribution < 1.29 is 13.5 Å². The quantitative estimate of drug-likeness (QED) is 0.707. The summed E-state index contributed by atoms with van der Waals surface area (Å²) in [5.41, 5.74) is 2.00. The molecule has 25 heavy (non-hydrogen) atoms. The number of nitrogens with zero attached hydrogens (tertiary/aromatic N) is 1. The van der Waals surface area contributed by atoms with Crippen LogP contribution >= 0.6 is 0 Å². The van der Waals surface area contributed by atoms with E-state index in [2.05, 4.69) is 5.32 Å². The van der Waals surface area contributed by atoms with Crippen LogP contribution in [-0.2, 0) is 0 Å². The van der Waals surface area contributed by atoms with Gasteiger partial charge in [0, 0.05) is 17.3 Å². The number of nitrogens with one attached hydrogen (secondary N) is 1. The summed E-state index contributed by atoms with van der Waals surface area (Å²) in [6.07, 6.45) is 3.60. The van der Waals surface area contributed by atoms with Crippen LogP contribution in [0.15, 0.2) is 48.2 Å². The van der Waals surface area contributed by atoms with Crippen molar-refractivity contribution in [3.05, 3.63) is 59.8 Å². The van der Waals surface area contributed by atoms with Crippen LogP contribution in [0.1, 0.15) is 26.7 Å². The molecule has 0 unspecified atom stereocenters. The summed E-state index contributed by atoms with van der Waals surface area (Å²) in [4.78, 5) is 0. The van der Waals surface area contributed by atoms with Crippen LogP contribution < -0.4 is 10.1 Å². The maximum absolute atomic E-state index is 14.6. The molecule has 0 fully saturated rings. The average Bonchev–Trinajstić information content (AvgIpc) is 2.60. The van der Waals surface area contributed by atoms with Crippen LogP contribution in [0, 0.1) is 23.0 Å². The lowest BCUT2D eigenvalue weighted by Gasteiger charge is -2.16. The number of hydrogen-bond donors (Lipinski definition) is 1. The Hall–Kier alpha value is -2.87. The fourth-order valence-electron chi connectivity index (χ4n) is 2.46. The Morgan fingerprint density at radius 2 is 2.04 bits per heavy atom. The van der Waals surface area contributed by atoms with Crippen molar-refractivity contribution in [3.8, 4) is 22.9 Å². The zero-order valence-electron chi connectivity index (χ0n) is 14.3. The SMILES string of the molecule is CC/C=C(\CC)Nc1cc(F)c(-c2cccc(F)c2)cc1OCC#N. The molecule has 0 aliphatic heterocycles. The predicted octanol–water partition coefficient (Wildman–Crippen LogP) is 5.65. The smallest absolute Gasteiger partial charge is 0.174 e. The zero-order valence-corrected chi connectivity index (χ0v) is 14.3. The van der Waals surface area contributed by atoms with Crippen molar-refractivity contribution >= 4 is 5.69 Å². The minimum atomic E-state index is -0.496. The first-order chi connectivity index (χ1) is 12.1. The van der Waals surface area contributed by atoms with E-state index in [1.807, 2.05) is 26.0 Å². The monoisotopic (exact) mass is 342 g/mol. The number of anilines is 1. The van der Waals surface area contributed by atoms with Crippen LogP contribution in [0.25, 0.3) is 11.1 Å². The van der Waals surface area contributed by atoms with Gasteiger partial charge in [0.05, 0.1) is 5.69 Å². The number of nitriles is 1. The van der Waals surface area contributed by atoms with Gasteiger partial charge in [-0.3, -0.25) is 0 Å². The first-order valence-electron chi connectivity index (χ1n) is 8.14. The topological polar surface area (TPSA) is 45.0 Å². The molecule has 0 heterocycles. The van der Waals surface area contributed by atoms with Crippen molar-refractivity contribution in [3.63, 3.8) is 0 Å². The maximum atomic E-state index is 14.6. The number of ether oxygens (including phenoxy) is 1. The Morgan fingerprint density at radius 3 is 2.68 bits per heavy atom. The summed E-state index contributed by atoms with van der Waals surface area (Å²) in [5, 5.41) is 11.9. The van der Waals surface area contributed by atoms with Crippen LogP contribution in [0.2, 0.25) is 0 Å². The van der Waals surface area contributed by atoms with Crippen LogP contribution in [-0.4, -0.2) is 6.61 Å². The van der Waals surface area contributed by atoms with Crippen LogP contribution in [0.4, 0.5) is 14.5 Å². The highest BCUT2D eigenvalue weighted by molar-refractivity contribution is 5.72. The Morgan fingerprint density at radius 1 is 1.24 bits per heavy atom. The lowest BCUT2D eigenvalue weighted by molar-refractivity contribution is 0.369. The third-order valence-corrected chi connectivity index (χ3v) is 3.62. The van der Waals surface area contributed by atoms with Crippen molar-refractivity contribution in [2.45, 2.75) is 26.7 Å². The maximum Gasteiger partial charge on any atom is 0.174 e. The van der Waals surface area contributed by atoms with E-state index in [-0.39, 0.29) is 12.2 Å². The largest absolute Gasteiger partial charge is 0.477 e. The van der Waals surface area contributed by atoms with Crippen LogP contribution in [0.3, 0.4) is 0 Å². The van der Waals surface area contributed by atoms with E-state index in [0.717, 1.165) is 18.5 Å². The number of benzene rings is 2. The molecule has 0 saturated carbocycles. The molecule has 0 aliphatic rings. The molecule has 5 heteroatoms. The van der Waals surface area contributed by atoms with Gasteiger partial charge in [-0.05, 0) is 36.6 Å². The summed E-state index contributed by atoms with van der Waals surface area (Å²) in [6.45, 7) is 3.84. The lowest BCUT2D eigenvalue weighted by Crippen LogP contribution is -2.04. The predicted molar refractivity (Wildman–Crippen MR) is 95.2 cm³/mol. The van der Waals surface area contributed by atoms with E-state index in [0.29, 0.717) is 17.0 Å². The van der Waals surface area contributed by atoms with Gasteiger partial charge in [-0.15, -0.1) is 0 Å². The number of rotatable bonds is 7. The van der Waals surface area contributed by atoms with E-state index in [9.17, 15) is 8.78 Å². The van der Waals surface area contributed by atoms with E-state index in [1.54, 1.807) is 6.07 Å². The Balaban J connectivity index is 2.48. The van der Waals surface area contributed by atoms with E-state index >= 15 is 0 Å². The van der Waals surface area contributed by atoms with Gasteiger partial charge in [0.2, 0.25) is 0 Å².